The Balaban J connectivity index is 2.59. The van der Waals surface area contributed by atoms with Gasteiger partial charge in [-0.15, -0.1) is 0 Å². The van der Waals surface area contributed by atoms with Gasteiger partial charge in [0.25, 0.3) is 0 Å². The largest absolute Gasteiger partial charge is 0.497 e. The first-order valence-electron chi connectivity index (χ1n) is 4.25. The highest BCUT2D eigenvalue weighted by atomic mass is 32.2. The second-order valence-corrected chi connectivity index (χ2v) is 3.51. The van der Waals surface area contributed by atoms with E-state index in [4.69, 9.17) is 9.29 Å². The second kappa shape index (κ2) is 5.82. The number of methoxy groups -OCH3 is 1. The predicted octanol–water partition coefficient (Wildman–Crippen LogP) is 1.20. The molecule has 0 aliphatic carbocycles. The molecule has 0 saturated heterocycles. The van der Waals surface area contributed by atoms with Gasteiger partial charge in [-0.05, 0) is 17.7 Å². The van der Waals surface area contributed by atoms with Crippen LogP contribution >= 0.6 is 0 Å². The number of hydrogen-bond acceptors (Lipinski definition) is 4. The molecule has 0 radical (unpaired) electrons. The number of ether oxygens (including phenoxy) is 1. The van der Waals surface area contributed by atoms with Gasteiger partial charge in [0.2, 0.25) is 0 Å². The lowest BCUT2D eigenvalue weighted by Crippen LogP contribution is -2.19. The third-order valence-corrected chi connectivity index (χ3v) is 2.11. The van der Waals surface area contributed by atoms with Gasteiger partial charge in [0.1, 0.15) is 5.75 Å². The summed E-state index contributed by atoms with van der Waals surface area (Å²) in [5.41, 5.74) is 0.933. The normalized spacial score (nSPS) is 12.8. The van der Waals surface area contributed by atoms with Crippen molar-refractivity contribution < 1.29 is 17.8 Å². The van der Waals surface area contributed by atoms with E-state index in [1.54, 1.807) is 14.2 Å². The van der Waals surface area contributed by atoms with Crippen molar-refractivity contribution in [1.82, 2.24) is 5.06 Å². The van der Waals surface area contributed by atoms with Crippen LogP contribution in [0.4, 0.5) is 0 Å². The highest BCUT2D eigenvalue weighted by molar-refractivity contribution is 7.74. The first-order valence-corrected chi connectivity index (χ1v) is 5.28. The Morgan fingerprint density at radius 2 is 2.27 bits per heavy atom. The molecule has 0 bridgehead atoms. The van der Waals surface area contributed by atoms with Gasteiger partial charge in [0.05, 0.1) is 13.7 Å². The van der Waals surface area contributed by atoms with E-state index in [9.17, 15) is 4.21 Å². The lowest BCUT2D eigenvalue weighted by atomic mass is 10.2. The smallest absolute Gasteiger partial charge is 0.319 e. The van der Waals surface area contributed by atoms with Crippen molar-refractivity contribution in [2.45, 2.75) is 6.54 Å². The third-order valence-electron chi connectivity index (χ3n) is 1.73. The van der Waals surface area contributed by atoms with E-state index in [0.29, 0.717) is 6.54 Å². The van der Waals surface area contributed by atoms with Crippen LogP contribution in [0, 0.1) is 0 Å². The predicted molar refractivity (Wildman–Crippen MR) is 56.3 cm³/mol. The molecule has 0 amide bonds. The molecule has 0 aliphatic heterocycles. The standard InChI is InChI=1S/C9H13NO4S/c1-10(14-15(11)12)7-8-4-3-5-9(6-8)13-2/h3-6H,7H2,1-2H3,(H,11,12). The molecule has 0 fully saturated rings. The minimum atomic E-state index is -2.28. The summed E-state index contributed by atoms with van der Waals surface area (Å²) in [7, 11) is 3.16. The molecule has 1 aromatic rings. The number of rotatable bonds is 5. The zero-order valence-electron chi connectivity index (χ0n) is 8.54. The Bertz CT molecular complexity index is 345. The summed E-state index contributed by atoms with van der Waals surface area (Å²) < 4.78 is 28.4. The van der Waals surface area contributed by atoms with Crippen LogP contribution in [0.15, 0.2) is 24.3 Å². The molecule has 1 aromatic carbocycles. The summed E-state index contributed by atoms with van der Waals surface area (Å²) >= 11 is -2.28. The topological polar surface area (TPSA) is 59.0 Å². The summed E-state index contributed by atoms with van der Waals surface area (Å²) in [4.78, 5) is 0. The van der Waals surface area contributed by atoms with E-state index in [1.165, 1.54) is 5.06 Å². The van der Waals surface area contributed by atoms with E-state index in [1.807, 2.05) is 24.3 Å². The van der Waals surface area contributed by atoms with Crippen LogP contribution in [0.1, 0.15) is 5.56 Å². The Morgan fingerprint density at radius 3 is 2.87 bits per heavy atom. The maximum absolute atomic E-state index is 10.3. The zero-order valence-corrected chi connectivity index (χ0v) is 9.36. The molecule has 6 heteroatoms. The monoisotopic (exact) mass is 231 g/mol. The maximum atomic E-state index is 10.3. The quantitative estimate of drug-likeness (QED) is 0.609. The molecule has 84 valence electrons. The maximum Gasteiger partial charge on any atom is 0.319 e. The van der Waals surface area contributed by atoms with Crippen LogP contribution in [-0.2, 0) is 22.2 Å². The summed E-state index contributed by atoms with van der Waals surface area (Å²) in [5.74, 6) is 0.742. The molecule has 1 atom stereocenters. The lowest BCUT2D eigenvalue weighted by Gasteiger charge is -2.13. The number of hydroxylamine groups is 2. The van der Waals surface area contributed by atoms with E-state index in [-0.39, 0.29) is 0 Å². The van der Waals surface area contributed by atoms with Gasteiger partial charge in [-0.2, -0.15) is 13.6 Å². The van der Waals surface area contributed by atoms with Gasteiger partial charge in [0.15, 0.2) is 0 Å². The van der Waals surface area contributed by atoms with E-state index < -0.39 is 11.4 Å². The zero-order chi connectivity index (χ0) is 11.3. The van der Waals surface area contributed by atoms with Crippen LogP contribution < -0.4 is 4.74 Å². The van der Waals surface area contributed by atoms with Gasteiger partial charge in [0, 0.05) is 7.05 Å². The minimum Gasteiger partial charge on any atom is -0.497 e. The Morgan fingerprint density at radius 1 is 1.53 bits per heavy atom. The fourth-order valence-electron chi connectivity index (χ4n) is 1.16. The van der Waals surface area contributed by atoms with Crippen LogP contribution in [0.5, 0.6) is 5.75 Å². The summed E-state index contributed by atoms with van der Waals surface area (Å²) in [6.07, 6.45) is 0. The third kappa shape index (κ3) is 4.39. The number of benzene rings is 1. The van der Waals surface area contributed by atoms with Crippen molar-refractivity contribution in [2.24, 2.45) is 0 Å². The molecule has 0 aliphatic rings. The minimum absolute atomic E-state index is 0.406. The fourth-order valence-corrected chi connectivity index (χ4v) is 1.43. The molecular weight excluding hydrogens is 218 g/mol. The highest BCUT2D eigenvalue weighted by Gasteiger charge is 2.04. The Hall–Kier alpha value is -0.950. The molecule has 1 N–H and O–H groups in total. The molecule has 0 aromatic heterocycles. The van der Waals surface area contributed by atoms with Crippen LogP contribution in [0.2, 0.25) is 0 Å². The average molecular weight is 231 g/mol. The number of hydrogen-bond donors (Lipinski definition) is 1. The van der Waals surface area contributed by atoms with Gasteiger partial charge in [-0.25, -0.2) is 0 Å². The molecule has 0 saturated carbocycles. The van der Waals surface area contributed by atoms with E-state index >= 15 is 0 Å². The van der Waals surface area contributed by atoms with Gasteiger partial charge < -0.3 is 4.74 Å². The molecule has 0 heterocycles. The van der Waals surface area contributed by atoms with Crippen molar-refractivity contribution >= 4 is 11.4 Å². The molecule has 15 heavy (non-hydrogen) atoms. The Kier molecular flexibility index (Phi) is 4.70. The first-order chi connectivity index (χ1) is 7.11. The summed E-state index contributed by atoms with van der Waals surface area (Å²) in [6, 6.07) is 7.38. The lowest BCUT2D eigenvalue weighted by molar-refractivity contribution is -0.0340. The molecule has 5 nitrogen and oxygen atoms in total. The number of nitrogens with zero attached hydrogens (tertiary/aromatic N) is 1. The van der Waals surface area contributed by atoms with Crippen LogP contribution in [0.25, 0.3) is 0 Å². The molecular formula is C9H13NO4S. The Labute approximate surface area is 91.1 Å². The molecule has 1 unspecified atom stereocenters. The van der Waals surface area contributed by atoms with Crippen LogP contribution in [-0.4, -0.2) is 28.0 Å². The summed E-state index contributed by atoms with van der Waals surface area (Å²) in [6.45, 7) is 0.406. The van der Waals surface area contributed by atoms with Crippen molar-refractivity contribution in [3.63, 3.8) is 0 Å². The second-order valence-electron chi connectivity index (χ2n) is 2.93. The average Bonchev–Trinajstić information content (AvgIpc) is 2.16. The molecule has 0 spiro atoms. The van der Waals surface area contributed by atoms with Crippen molar-refractivity contribution in [3.05, 3.63) is 29.8 Å². The van der Waals surface area contributed by atoms with Crippen molar-refractivity contribution in [2.75, 3.05) is 14.2 Å². The van der Waals surface area contributed by atoms with Crippen molar-refractivity contribution in [3.8, 4) is 5.75 Å². The molecule has 1 rings (SSSR count). The summed E-state index contributed by atoms with van der Waals surface area (Å²) in [5, 5.41) is 1.28. The van der Waals surface area contributed by atoms with Gasteiger partial charge in [-0.1, -0.05) is 12.1 Å². The van der Waals surface area contributed by atoms with Gasteiger partial charge in [-0.3, -0.25) is 4.55 Å². The van der Waals surface area contributed by atoms with Gasteiger partial charge >= 0.3 is 11.4 Å². The van der Waals surface area contributed by atoms with E-state index in [0.717, 1.165) is 11.3 Å². The van der Waals surface area contributed by atoms with E-state index in [2.05, 4.69) is 4.28 Å². The van der Waals surface area contributed by atoms with Crippen LogP contribution in [0.3, 0.4) is 0 Å². The first kappa shape index (κ1) is 12.1. The van der Waals surface area contributed by atoms with Crippen molar-refractivity contribution in [1.29, 1.82) is 0 Å². The highest BCUT2D eigenvalue weighted by Crippen LogP contribution is 2.13. The SMILES string of the molecule is COc1cccc(CN(C)OS(=O)O)c1. The fraction of sp³-hybridized carbons (Fsp3) is 0.333.